The maximum Gasteiger partial charge on any atom is 0.189 e. The van der Waals surface area contributed by atoms with Crippen molar-refractivity contribution in [2.45, 2.75) is 18.4 Å². The lowest BCUT2D eigenvalue weighted by Crippen LogP contribution is -1.92. The molecule has 10 heavy (non-hydrogen) atoms. The molecule has 0 aliphatic carbocycles. The van der Waals surface area contributed by atoms with E-state index in [0.717, 1.165) is 6.54 Å². The molecule has 0 spiro atoms. The van der Waals surface area contributed by atoms with E-state index in [1.165, 1.54) is 6.20 Å². The zero-order valence-corrected chi connectivity index (χ0v) is 6.34. The summed E-state index contributed by atoms with van der Waals surface area (Å²) >= 11 is -1.89. The average Bonchev–Trinajstić information content (AvgIpc) is 2.34. The first-order valence-corrected chi connectivity index (χ1v) is 3.98. The molecular formula is C5H8N2O2S. The van der Waals surface area contributed by atoms with Crippen molar-refractivity contribution in [1.82, 2.24) is 9.78 Å². The molecule has 0 amide bonds. The summed E-state index contributed by atoms with van der Waals surface area (Å²) < 4.78 is 20.5. The second kappa shape index (κ2) is 2.94. The van der Waals surface area contributed by atoms with Gasteiger partial charge in [0.2, 0.25) is 0 Å². The number of aromatic nitrogens is 2. The lowest BCUT2D eigenvalue weighted by Gasteiger charge is -1.89. The Bertz CT molecular complexity index is 246. The minimum Gasteiger partial charge on any atom is -0.302 e. The van der Waals surface area contributed by atoms with Crippen molar-refractivity contribution in [3.63, 3.8) is 0 Å². The number of nitrogens with zero attached hydrogens (tertiary/aromatic N) is 2. The fourth-order valence-corrected chi connectivity index (χ4v) is 0.957. The summed E-state index contributed by atoms with van der Waals surface area (Å²) in [6.45, 7) is 2.63. The maximum absolute atomic E-state index is 10.4. The molecule has 0 saturated carbocycles. The van der Waals surface area contributed by atoms with Crippen LogP contribution in [-0.4, -0.2) is 18.5 Å². The van der Waals surface area contributed by atoms with E-state index in [9.17, 15) is 4.21 Å². The first kappa shape index (κ1) is 7.43. The van der Waals surface area contributed by atoms with Gasteiger partial charge in [-0.05, 0) is 6.92 Å². The van der Waals surface area contributed by atoms with Gasteiger partial charge in [0.05, 0.1) is 6.20 Å². The third-order valence-electron chi connectivity index (χ3n) is 1.14. The molecule has 0 fully saturated rings. The van der Waals surface area contributed by atoms with Crippen molar-refractivity contribution in [3.8, 4) is 0 Å². The van der Waals surface area contributed by atoms with Crippen molar-refractivity contribution in [2.24, 2.45) is 0 Å². The molecule has 1 aromatic rings. The molecule has 4 nitrogen and oxygen atoms in total. The van der Waals surface area contributed by atoms with Crippen LogP contribution in [0.25, 0.3) is 0 Å². The lowest BCUT2D eigenvalue weighted by molar-refractivity contribution is 0.564. The Labute approximate surface area is 61.1 Å². The molecule has 0 saturated heterocycles. The monoisotopic (exact) mass is 160 g/mol. The van der Waals surface area contributed by atoms with Gasteiger partial charge < -0.3 is 4.55 Å². The Morgan fingerprint density at radius 3 is 2.90 bits per heavy atom. The second-order valence-corrected chi connectivity index (χ2v) is 2.75. The average molecular weight is 160 g/mol. The first-order chi connectivity index (χ1) is 4.74. The van der Waals surface area contributed by atoms with Crippen LogP contribution in [0.5, 0.6) is 0 Å². The van der Waals surface area contributed by atoms with E-state index in [1.54, 1.807) is 10.9 Å². The highest BCUT2D eigenvalue weighted by Crippen LogP contribution is 2.00. The van der Waals surface area contributed by atoms with Gasteiger partial charge in [0.1, 0.15) is 4.90 Å². The summed E-state index contributed by atoms with van der Waals surface area (Å²) in [5.41, 5.74) is 0. The van der Waals surface area contributed by atoms with Gasteiger partial charge in [-0.25, -0.2) is 4.21 Å². The molecule has 0 aliphatic heterocycles. The van der Waals surface area contributed by atoms with Crippen LogP contribution < -0.4 is 0 Å². The van der Waals surface area contributed by atoms with Crippen molar-refractivity contribution >= 4 is 11.1 Å². The summed E-state index contributed by atoms with van der Waals surface area (Å²) in [6.07, 6.45) is 2.94. The number of hydrogen-bond donors (Lipinski definition) is 1. The number of rotatable bonds is 2. The van der Waals surface area contributed by atoms with E-state index in [1.807, 2.05) is 6.92 Å². The Morgan fingerprint density at radius 1 is 1.90 bits per heavy atom. The maximum atomic E-state index is 10.4. The van der Waals surface area contributed by atoms with Crippen molar-refractivity contribution in [3.05, 3.63) is 12.4 Å². The molecule has 1 heterocycles. The predicted octanol–water partition coefficient (Wildman–Crippen LogP) is 0.484. The fraction of sp³-hybridized carbons (Fsp3) is 0.400. The standard InChI is InChI=1S/C5H8N2O2S/c1-2-7-4-5(3-6-7)10(8)9/h3-4H,2H2,1H3,(H,8,9). The molecule has 1 atom stereocenters. The largest absolute Gasteiger partial charge is 0.302 e. The van der Waals surface area contributed by atoms with Gasteiger partial charge in [-0.15, -0.1) is 0 Å². The highest BCUT2D eigenvalue weighted by molar-refractivity contribution is 7.79. The fourth-order valence-electron chi connectivity index (χ4n) is 0.608. The van der Waals surface area contributed by atoms with E-state index >= 15 is 0 Å². The molecule has 1 N–H and O–H groups in total. The second-order valence-electron chi connectivity index (χ2n) is 1.78. The molecule has 0 aliphatic rings. The summed E-state index contributed by atoms with van der Waals surface area (Å²) in [7, 11) is 0. The van der Waals surface area contributed by atoms with E-state index < -0.39 is 11.1 Å². The molecule has 0 aromatic carbocycles. The Morgan fingerprint density at radius 2 is 2.60 bits per heavy atom. The van der Waals surface area contributed by atoms with Crippen LogP contribution in [0.2, 0.25) is 0 Å². The minimum atomic E-state index is -1.89. The van der Waals surface area contributed by atoms with E-state index in [-0.39, 0.29) is 0 Å². The minimum absolute atomic E-state index is 0.349. The van der Waals surface area contributed by atoms with E-state index in [0.29, 0.717) is 4.90 Å². The summed E-state index contributed by atoms with van der Waals surface area (Å²) in [6, 6.07) is 0. The molecule has 5 heteroatoms. The van der Waals surface area contributed by atoms with Gasteiger partial charge in [0.15, 0.2) is 11.1 Å². The van der Waals surface area contributed by atoms with Crippen LogP contribution in [0.4, 0.5) is 0 Å². The van der Waals surface area contributed by atoms with E-state index in [4.69, 9.17) is 4.55 Å². The van der Waals surface area contributed by atoms with Gasteiger partial charge in [-0.3, -0.25) is 4.68 Å². The number of aryl methyl sites for hydroxylation is 1. The van der Waals surface area contributed by atoms with Crippen molar-refractivity contribution < 1.29 is 8.76 Å². The van der Waals surface area contributed by atoms with Gasteiger partial charge >= 0.3 is 0 Å². The molecule has 1 unspecified atom stereocenters. The van der Waals surface area contributed by atoms with Crippen molar-refractivity contribution in [2.75, 3.05) is 0 Å². The zero-order chi connectivity index (χ0) is 7.56. The van der Waals surface area contributed by atoms with Gasteiger partial charge in [0.25, 0.3) is 0 Å². The topological polar surface area (TPSA) is 55.1 Å². The van der Waals surface area contributed by atoms with E-state index in [2.05, 4.69) is 5.10 Å². The summed E-state index contributed by atoms with van der Waals surface area (Å²) in [5.74, 6) is 0. The first-order valence-electron chi connectivity index (χ1n) is 2.87. The quantitative estimate of drug-likeness (QED) is 0.640. The molecule has 56 valence electrons. The van der Waals surface area contributed by atoms with Gasteiger partial charge in [-0.2, -0.15) is 5.10 Å². The van der Waals surface area contributed by atoms with Crippen LogP contribution in [0.3, 0.4) is 0 Å². The molecular weight excluding hydrogens is 152 g/mol. The Kier molecular flexibility index (Phi) is 2.18. The number of hydrogen-bond acceptors (Lipinski definition) is 2. The van der Waals surface area contributed by atoms with Crippen LogP contribution >= 0.6 is 0 Å². The molecule has 0 bridgehead atoms. The molecule has 0 radical (unpaired) electrons. The SMILES string of the molecule is CCn1cc(S(=O)O)cn1. The van der Waals surface area contributed by atoms with Crippen LogP contribution in [-0.2, 0) is 17.6 Å². The van der Waals surface area contributed by atoms with Gasteiger partial charge in [0, 0.05) is 12.7 Å². The van der Waals surface area contributed by atoms with Crippen LogP contribution in [0.1, 0.15) is 6.92 Å². The Balaban J connectivity index is 2.88. The highest BCUT2D eigenvalue weighted by atomic mass is 32.2. The summed E-state index contributed by atoms with van der Waals surface area (Å²) in [4.78, 5) is 0.349. The third kappa shape index (κ3) is 1.43. The van der Waals surface area contributed by atoms with Crippen LogP contribution in [0, 0.1) is 0 Å². The van der Waals surface area contributed by atoms with Crippen LogP contribution in [0.15, 0.2) is 17.3 Å². The predicted molar refractivity (Wildman–Crippen MR) is 36.9 cm³/mol. The van der Waals surface area contributed by atoms with Crippen molar-refractivity contribution in [1.29, 1.82) is 0 Å². The lowest BCUT2D eigenvalue weighted by atomic mass is 10.7. The smallest absolute Gasteiger partial charge is 0.189 e. The summed E-state index contributed by atoms with van der Waals surface area (Å²) in [5, 5.41) is 3.82. The third-order valence-corrected chi connectivity index (χ3v) is 1.75. The normalized spacial score (nSPS) is 13.4. The molecule has 1 aromatic heterocycles. The zero-order valence-electron chi connectivity index (χ0n) is 5.52. The van der Waals surface area contributed by atoms with Gasteiger partial charge in [-0.1, -0.05) is 0 Å². The molecule has 1 rings (SSSR count). The Hall–Kier alpha value is -0.680. The highest BCUT2D eigenvalue weighted by Gasteiger charge is 2.00.